The Balaban J connectivity index is 1.62. The van der Waals surface area contributed by atoms with Crippen molar-refractivity contribution in [3.8, 4) is 0 Å². The Labute approximate surface area is 168 Å². The Hall–Kier alpha value is -2.74. The van der Waals surface area contributed by atoms with Crippen molar-refractivity contribution >= 4 is 34.3 Å². The van der Waals surface area contributed by atoms with Gasteiger partial charge in [0.2, 0.25) is 5.91 Å². The Morgan fingerprint density at radius 2 is 1.82 bits per heavy atom. The standard InChI is InChI=1S/C20H25N3O4S/c1-27-18(25)11-7-2-3-8-12-21-17(24)13-16-14-28-20(22-16)23-19(26)15-9-5-4-6-10-15/h4-6,9-10,14H,2-3,7-8,11-13H2,1H3,(H,21,24)(H,22,23,26). The molecule has 7 nitrogen and oxygen atoms in total. The van der Waals surface area contributed by atoms with Crippen molar-refractivity contribution in [1.29, 1.82) is 0 Å². The lowest BCUT2D eigenvalue weighted by atomic mass is 10.1. The Kier molecular flexibility index (Phi) is 9.14. The number of hydrogen-bond acceptors (Lipinski definition) is 6. The van der Waals surface area contributed by atoms with Crippen molar-refractivity contribution in [3.05, 3.63) is 47.0 Å². The number of esters is 1. The van der Waals surface area contributed by atoms with Crippen LogP contribution in [0.4, 0.5) is 5.13 Å². The molecule has 2 rings (SSSR count). The zero-order valence-electron chi connectivity index (χ0n) is 15.9. The van der Waals surface area contributed by atoms with Gasteiger partial charge in [0.15, 0.2) is 5.13 Å². The number of amides is 2. The van der Waals surface area contributed by atoms with Crippen LogP contribution in [-0.2, 0) is 20.7 Å². The molecule has 1 aromatic carbocycles. The third-order valence-corrected chi connectivity index (χ3v) is 4.81. The van der Waals surface area contributed by atoms with Gasteiger partial charge in [-0.1, -0.05) is 31.0 Å². The van der Waals surface area contributed by atoms with Gasteiger partial charge in [-0.15, -0.1) is 11.3 Å². The molecule has 1 heterocycles. The van der Waals surface area contributed by atoms with Gasteiger partial charge >= 0.3 is 5.97 Å². The molecule has 2 aromatic rings. The minimum Gasteiger partial charge on any atom is -0.469 e. The maximum absolute atomic E-state index is 12.1. The zero-order valence-corrected chi connectivity index (χ0v) is 16.7. The van der Waals surface area contributed by atoms with E-state index in [2.05, 4.69) is 20.4 Å². The molecule has 0 unspecified atom stereocenters. The van der Waals surface area contributed by atoms with Crippen molar-refractivity contribution in [3.63, 3.8) is 0 Å². The number of nitrogens with zero attached hydrogens (tertiary/aromatic N) is 1. The average molecular weight is 404 g/mol. The number of aromatic nitrogens is 1. The minimum absolute atomic E-state index is 0.0965. The van der Waals surface area contributed by atoms with E-state index in [1.54, 1.807) is 29.6 Å². The van der Waals surface area contributed by atoms with E-state index in [4.69, 9.17) is 0 Å². The van der Waals surface area contributed by atoms with E-state index >= 15 is 0 Å². The molecule has 150 valence electrons. The van der Waals surface area contributed by atoms with Gasteiger partial charge < -0.3 is 10.1 Å². The lowest BCUT2D eigenvalue weighted by molar-refractivity contribution is -0.140. The molecule has 0 saturated heterocycles. The fourth-order valence-corrected chi connectivity index (χ4v) is 3.21. The van der Waals surface area contributed by atoms with Crippen molar-refractivity contribution in [2.24, 2.45) is 0 Å². The van der Waals surface area contributed by atoms with Crippen molar-refractivity contribution in [1.82, 2.24) is 10.3 Å². The molecule has 2 amide bonds. The topological polar surface area (TPSA) is 97.4 Å². The molecule has 0 fully saturated rings. The number of hydrogen-bond donors (Lipinski definition) is 2. The Morgan fingerprint density at radius 1 is 1.07 bits per heavy atom. The smallest absolute Gasteiger partial charge is 0.305 e. The van der Waals surface area contributed by atoms with E-state index in [9.17, 15) is 14.4 Å². The first-order valence-corrected chi connectivity index (χ1v) is 10.1. The third-order valence-electron chi connectivity index (χ3n) is 4.01. The van der Waals surface area contributed by atoms with Crippen molar-refractivity contribution < 1.29 is 19.1 Å². The van der Waals surface area contributed by atoms with Gasteiger partial charge in [-0.25, -0.2) is 4.98 Å². The number of carbonyl (C=O) groups is 3. The van der Waals surface area contributed by atoms with Crippen LogP contribution in [0, 0.1) is 0 Å². The molecule has 0 aliphatic carbocycles. The number of nitrogens with one attached hydrogen (secondary N) is 2. The molecule has 2 N–H and O–H groups in total. The summed E-state index contributed by atoms with van der Waals surface area (Å²) < 4.78 is 4.59. The summed E-state index contributed by atoms with van der Waals surface area (Å²) in [5.74, 6) is -0.505. The maximum Gasteiger partial charge on any atom is 0.305 e. The number of unbranched alkanes of at least 4 members (excludes halogenated alkanes) is 3. The molecule has 0 atom stereocenters. The number of anilines is 1. The summed E-state index contributed by atoms with van der Waals surface area (Å²) in [6.45, 7) is 0.596. The largest absolute Gasteiger partial charge is 0.469 e. The lowest BCUT2D eigenvalue weighted by Gasteiger charge is -2.04. The predicted molar refractivity (Wildman–Crippen MR) is 108 cm³/mol. The predicted octanol–water partition coefficient (Wildman–Crippen LogP) is 3.18. The number of carbonyl (C=O) groups excluding carboxylic acids is 3. The highest BCUT2D eigenvalue weighted by molar-refractivity contribution is 7.14. The molecule has 0 spiro atoms. The monoisotopic (exact) mass is 403 g/mol. The van der Waals surface area contributed by atoms with Crippen molar-refractivity contribution in [2.45, 2.75) is 38.5 Å². The highest BCUT2D eigenvalue weighted by Gasteiger charge is 2.11. The summed E-state index contributed by atoms with van der Waals surface area (Å²) >= 11 is 1.30. The summed E-state index contributed by atoms with van der Waals surface area (Å²) in [5, 5.41) is 7.85. The first-order chi connectivity index (χ1) is 13.6. The second-order valence-electron chi connectivity index (χ2n) is 6.23. The highest BCUT2D eigenvalue weighted by atomic mass is 32.1. The fourth-order valence-electron chi connectivity index (χ4n) is 2.51. The van der Waals surface area contributed by atoms with E-state index in [0.717, 1.165) is 25.7 Å². The zero-order chi connectivity index (χ0) is 20.2. The first-order valence-electron chi connectivity index (χ1n) is 9.23. The minimum atomic E-state index is -0.224. The summed E-state index contributed by atoms with van der Waals surface area (Å²) in [5.41, 5.74) is 1.19. The van der Waals surface area contributed by atoms with Gasteiger partial charge in [0.1, 0.15) is 0 Å². The van der Waals surface area contributed by atoms with Gasteiger partial charge in [0, 0.05) is 23.9 Å². The third kappa shape index (κ3) is 7.87. The normalized spacial score (nSPS) is 10.3. The molecule has 1 aromatic heterocycles. The van der Waals surface area contributed by atoms with Gasteiger partial charge in [0.25, 0.3) is 5.91 Å². The van der Waals surface area contributed by atoms with Crippen LogP contribution in [0.3, 0.4) is 0 Å². The van der Waals surface area contributed by atoms with Crippen LogP contribution in [0.2, 0.25) is 0 Å². The molecule has 0 saturated carbocycles. The van der Waals surface area contributed by atoms with Gasteiger partial charge in [-0.05, 0) is 25.0 Å². The van der Waals surface area contributed by atoms with Crippen LogP contribution in [0.15, 0.2) is 35.7 Å². The van der Waals surface area contributed by atoms with Crippen LogP contribution in [0.1, 0.15) is 48.2 Å². The van der Waals surface area contributed by atoms with E-state index in [1.807, 2.05) is 6.07 Å². The Bertz CT molecular complexity index is 777. The molecule has 0 aliphatic rings. The summed E-state index contributed by atoms with van der Waals surface area (Å²) in [6.07, 6.45) is 4.17. The summed E-state index contributed by atoms with van der Waals surface area (Å²) in [4.78, 5) is 39.4. The molecular weight excluding hydrogens is 378 g/mol. The summed E-state index contributed by atoms with van der Waals surface area (Å²) in [7, 11) is 1.39. The quantitative estimate of drug-likeness (QED) is 0.444. The first kappa shape index (κ1) is 21.6. The van der Waals surface area contributed by atoms with Crippen LogP contribution in [0.25, 0.3) is 0 Å². The second kappa shape index (κ2) is 11.9. The fraction of sp³-hybridized carbons (Fsp3) is 0.400. The maximum atomic E-state index is 12.1. The summed E-state index contributed by atoms with van der Waals surface area (Å²) in [6, 6.07) is 8.90. The van der Waals surface area contributed by atoms with Crippen LogP contribution >= 0.6 is 11.3 Å². The average Bonchev–Trinajstić information content (AvgIpc) is 3.14. The molecule has 8 heteroatoms. The second-order valence-corrected chi connectivity index (χ2v) is 7.09. The van der Waals surface area contributed by atoms with E-state index < -0.39 is 0 Å². The lowest BCUT2D eigenvalue weighted by Crippen LogP contribution is -2.26. The molecular formula is C20H25N3O4S. The SMILES string of the molecule is COC(=O)CCCCCCNC(=O)Cc1csc(NC(=O)c2ccccc2)n1. The van der Waals surface area contributed by atoms with Crippen molar-refractivity contribution in [2.75, 3.05) is 19.0 Å². The number of rotatable bonds is 11. The van der Waals surface area contributed by atoms with Gasteiger partial charge in [-0.2, -0.15) is 0 Å². The van der Waals surface area contributed by atoms with E-state index in [1.165, 1.54) is 18.4 Å². The highest BCUT2D eigenvalue weighted by Crippen LogP contribution is 2.17. The molecule has 28 heavy (non-hydrogen) atoms. The van der Waals surface area contributed by atoms with Gasteiger partial charge in [-0.3, -0.25) is 19.7 Å². The van der Waals surface area contributed by atoms with E-state index in [-0.39, 0.29) is 24.2 Å². The van der Waals surface area contributed by atoms with Gasteiger partial charge in [0.05, 0.1) is 19.2 Å². The Morgan fingerprint density at radius 3 is 2.57 bits per heavy atom. The van der Waals surface area contributed by atoms with Crippen LogP contribution < -0.4 is 10.6 Å². The number of benzene rings is 1. The number of thiazole rings is 1. The molecule has 0 radical (unpaired) electrons. The molecule has 0 bridgehead atoms. The molecule has 0 aliphatic heterocycles. The van der Waals surface area contributed by atoms with E-state index in [0.29, 0.717) is 29.4 Å². The van der Waals surface area contributed by atoms with Crippen LogP contribution in [-0.4, -0.2) is 36.4 Å². The van der Waals surface area contributed by atoms with Crippen LogP contribution in [0.5, 0.6) is 0 Å². The number of methoxy groups -OCH3 is 1. The number of ether oxygens (including phenoxy) is 1.